The molecule has 11 heteroatoms. The number of rotatable bonds is 11. The van der Waals surface area contributed by atoms with E-state index in [1.54, 1.807) is 0 Å². The number of nitrogens with zero attached hydrogens (tertiary/aromatic N) is 4. The molecule has 1 aliphatic rings. The van der Waals surface area contributed by atoms with Gasteiger partial charge in [0.1, 0.15) is 11.6 Å². The molecule has 0 radical (unpaired) electrons. The largest absolute Gasteiger partial charge is 0.383 e. The molecule has 0 unspecified atom stereocenters. The molecule has 0 aromatic carbocycles. The third-order valence-corrected chi connectivity index (χ3v) is 6.59. The van der Waals surface area contributed by atoms with Crippen LogP contribution in [0.15, 0.2) is 14.7 Å². The Kier molecular flexibility index (Phi) is 8.54. The molecule has 4 N–H and O–H groups in total. The quantitative estimate of drug-likeness (QED) is 0.434. The number of carbonyl (C=O) groups excluding carboxylic acids is 1. The Morgan fingerprint density at radius 2 is 2.00 bits per heavy atom. The minimum Gasteiger partial charge on any atom is -0.383 e. The van der Waals surface area contributed by atoms with E-state index in [9.17, 15) is 14.4 Å². The van der Waals surface area contributed by atoms with Crippen molar-refractivity contribution in [2.75, 3.05) is 22.9 Å². The summed E-state index contributed by atoms with van der Waals surface area (Å²) < 4.78 is 1.31. The Hall–Kier alpha value is -2.56. The Balaban J connectivity index is 1.74. The molecule has 0 aliphatic heterocycles. The molecule has 10 nitrogen and oxygen atoms in total. The SMILES string of the molecule is CCCCN(C(=O)CSc1n[nH]c(CC2CCCC2)n1)c1c(N)n(CCC)c(=O)[nH]c1=O. The molecular weight excluding hydrogens is 430 g/mol. The number of thioether (sulfide) groups is 1. The van der Waals surface area contributed by atoms with Crippen molar-refractivity contribution in [2.24, 2.45) is 5.92 Å². The fourth-order valence-corrected chi connectivity index (χ4v) is 4.78. The van der Waals surface area contributed by atoms with Crippen LogP contribution in [-0.2, 0) is 17.8 Å². The summed E-state index contributed by atoms with van der Waals surface area (Å²) in [6.45, 7) is 4.61. The van der Waals surface area contributed by atoms with E-state index in [1.165, 1.54) is 46.9 Å². The molecule has 0 saturated heterocycles. The second-order valence-electron chi connectivity index (χ2n) is 8.25. The average molecular weight is 464 g/mol. The fraction of sp³-hybridized carbons (Fsp3) is 0.667. The van der Waals surface area contributed by atoms with E-state index in [-0.39, 0.29) is 23.2 Å². The van der Waals surface area contributed by atoms with Gasteiger partial charge in [-0.2, -0.15) is 0 Å². The maximum absolute atomic E-state index is 13.1. The highest BCUT2D eigenvalue weighted by Crippen LogP contribution is 2.27. The van der Waals surface area contributed by atoms with Crippen molar-refractivity contribution in [1.82, 2.24) is 24.7 Å². The summed E-state index contributed by atoms with van der Waals surface area (Å²) in [5, 5.41) is 7.72. The van der Waals surface area contributed by atoms with E-state index in [1.807, 2.05) is 13.8 Å². The molecule has 2 heterocycles. The Labute approximate surface area is 191 Å². The molecular formula is C21H33N7O3S. The molecule has 2 aromatic heterocycles. The van der Waals surface area contributed by atoms with Crippen molar-refractivity contribution >= 4 is 29.2 Å². The second kappa shape index (κ2) is 11.3. The van der Waals surface area contributed by atoms with Crippen molar-refractivity contribution in [1.29, 1.82) is 0 Å². The van der Waals surface area contributed by atoms with Gasteiger partial charge < -0.3 is 10.6 Å². The molecule has 176 valence electrons. The molecule has 3 rings (SSSR count). The predicted molar refractivity (Wildman–Crippen MR) is 126 cm³/mol. The Morgan fingerprint density at radius 1 is 1.25 bits per heavy atom. The number of anilines is 2. The molecule has 0 spiro atoms. The zero-order chi connectivity index (χ0) is 23.1. The lowest BCUT2D eigenvalue weighted by Gasteiger charge is -2.24. The zero-order valence-electron chi connectivity index (χ0n) is 18.9. The Morgan fingerprint density at radius 3 is 2.69 bits per heavy atom. The minimum absolute atomic E-state index is 0.0202. The van der Waals surface area contributed by atoms with E-state index in [2.05, 4.69) is 20.2 Å². The molecule has 1 aliphatic carbocycles. The molecule has 1 amide bonds. The lowest BCUT2D eigenvalue weighted by molar-refractivity contribution is -0.116. The zero-order valence-corrected chi connectivity index (χ0v) is 19.7. The van der Waals surface area contributed by atoms with Crippen LogP contribution in [0.5, 0.6) is 0 Å². The molecule has 1 saturated carbocycles. The number of unbranched alkanes of at least 4 members (excludes halogenated alkanes) is 1. The number of nitrogens with one attached hydrogen (secondary N) is 2. The van der Waals surface area contributed by atoms with Crippen LogP contribution in [0.25, 0.3) is 0 Å². The molecule has 0 atom stereocenters. The molecule has 0 bridgehead atoms. The standard InChI is InChI=1S/C21H33N7O3S/c1-3-5-11-27(17-18(22)28(10-4-2)21(31)24-19(17)30)16(29)13-32-20-23-15(25-26-20)12-14-8-6-7-9-14/h14H,3-13,22H2,1-2H3,(H,23,25,26)(H,24,30,31). The summed E-state index contributed by atoms with van der Waals surface area (Å²) in [7, 11) is 0. The van der Waals surface area contributed by atoms with Gasteiger partial charge >= 0.3 is 5.69 Å². The van der Waals surface area contributed by atoms with Gasteiger partial charge in [-0.1, -0.05) is 57.7 Å². The van der Waals surface area contributed by atoms with E-state index in [0.29, 0.717) is 37.0 Å². The number of hydrogen-bond acceptors (Lipinski definition) is 7. The van der Waals surface area contributed by atoms with Gasteiger partial charge in [0.2, 0.25) is 11.1 Å². The van der Waals surface area contributed by atoms with Crippen molar-refractivity contribution in [3.05, 3.63) is 26.7 Å². The van der Waals surface area contributed by atoms with Gasteiger partial charge in [-0.3, -0.25) is 24.2 Å². The molecule has 1 fully saturated rings. The third kappa shape index (κ3) is 5.81. The second-order valence-corrected chi connectivity index (χ2v) is 9.19. The molecule has 2 aromatic rings. The summed E-state index contributed by atoms with van der Waals surface area (Å²) in [5.74, 6) is 1.31. The normalized spacial score (nSPS) is 14.2. The number of H-pyrrole nitrogens is 2. The lowest BCUT2D eigenvalue weighted by Crippen LogP contribution is -2.42. The summed E-state index contributed by atoms with van der Waals surface area (Å²) >= 11 is 1.23. The van der Waals surface area contributed by atoms with Crippen LogP contribution in [0.2, 0.25) is 0 Å². The van der Waals surface area contributed by atoms with Gasteiger partial charge in [0.25, 0.3) is 5.56 Å². The van der Waals surface area contributed by atoms with E-state index in [4.69, 9.17) is 5.73 Å². The molecule has 32 heavy (non-hydrogen) atoms. The van der Waals surface area contributed by atoms with Gasteiger partial charge in [0.05, 0.1) is 5.75 Å². The predicted octanol–water partition coefficient (Wildman–Crippen LogP) is 2.30. The maximum Gasteiger partial charge on any atom is 0.330 e. The van der Waals surface area contributed by atoms with Crippen LogP contribution < -0.4 is 21.9 Å². The number of aromatic nitrogens is 5. The first-order valence-electron chi connectivity index (χ1n) is 11.4. The average Bonchev–Trinajstić information content (AvgIpc) is 3.44. The van der Waals surface area contributed by atoms with E-state index < -0.39 is 11.2 Å². The van der Waals surface area contributed by atoms with Crippen LogP contribution in [0.1, 0.15) is 64.6 Å². The fourth-order valence-electron chi connectivity index (χ4n) is 4.09. The van der Waals surface area contributed by atoms with E-state index >= 15 is 0 Å². The summed E-state index contributed by atoms with van der Waals surface area (Å²) in [6.07, 6.45) is 8.10. The van der Waals surface area contributed by atoms with E-state index in [0.717, 1.165) is 18.7 Å². The smallest absolute Gasteiger partial charge is 0.330 e. The van der Waals surface area contributed by atoms with Crippen LogP contribution in [0.4, 0.5) is 11.5 Å². The highest BCUT2D eigenvalue weighted by molar-refractivity contribution is 7.99. The highest BCUT2D eigenvalue weighted by atomic mass is 32.2. The van der Waals surface area contributed by atoms with Crippen molar-refractivity contribution in [3.8, 4) is 0 Å². The van der Waals surface area contributed by atoms with Gasteiger partial charge in [0.15, 0.2) is 5.69 Å². The van der Waals surface area contributed by atoms with Gasteiger partial charge in [-0.05, 0) is 18.8 Å². The van der Waals surface area contributed by atoms with Crippen LogP contribution >= 0.6 is 11.8 Å². The number of nitrogen functional groups attached to an aromatic ring is 1. The highest BCUT2D eigenvalue weighted by Gasteiger charge is 2.24. The summed E-state index contributed by atoms with van der Waals surface area (Å²) in [6, 6.07) is 0. The van der Waals surface area contributed by atoms with Gasteiger partial charge in [0, 0.05) is 19.5 Å². The maximum atomic E-state index is 13.1. The van der Waals surface area contributed by atoms with Crippen molar-refractivity contribution < 1.29 is 4.79 Å². The van der Waals surface area contributed by atoms with Crippen molar-refractivity contribution in [3.63, 3.8) is 0 Å². The van der Waals surface area contributed by atoms with Crippen molar-refractivity contribution in [2.45, 2.75) is 76.9 Å². The number of carbonyl (C=O) groups is 1. The first-order valence-corrected chi connectivity index (χ1v) is 12.4. The van der Waals surface area contributed by atoms with Crippen LogP contribution in [0, 0.1) is 5.92 Å². The number of hydrogen-bond donors (Lipinski definition) is 3. The lowest BCUT2D eigenvalue weighted by atomic mass is 10.0. The topological polar surface area (TPSA) is 143 Å². The number of nitrogens with two attached hydrogens (primary N) is 1. The van der Waals surface area contributed by atoms with Gasteiger partial charge in [-0.25, -0.2) is 9.78 Å². The third-order valence-electron chi connectivity index (χ3n) is 5.76. The van der Waals surface area contributed by atoms with Crippen LogP contribution in [0.3, 0.4) is 0 Å². The Bertz CT molecular complexity index is 1020. The number of amides is 1. The summed E-state index contributed by atoms with van der Waals surface area (Å²) in [4.78, 5) is 46.0. The first-order chi connectivity index (χ1) is 15.4. The summed E-state index contributed by atoms with van der Waals surface area (Å²) in [5.41, 5.74) is 5.01. The minimum atomic E-state index is -0.647. The van der Waals surface area contributed by atoms with Crippen LogP contribution in [-0.4, -0.2) is 42.9 Å². The monoisotopic (exact) mass is 463 g/mol. The number of aromatic amines is 2. The first kappa shape index (κ1) is 24.1. The van der Waals surface area contributed by atoms with Gasteiger partial charge in [-0.15, -0.1) is 5.10 Å².